The van der Waals surface area contributed by atoms with Crippen molar-refractivity contribution in [1.82, 2.24) is 30.7 Å². The highest BCUT2D eigenvalue weighted by atomic mass is 127. The van der Waals surface area contributed by atoms with Gasteiger partial charge in [0, 0.05) is 37.7 Å². The van der Waals surface area contributed by atoms with E-state index in [1.165, 1.54) is 0 Å². The first kappa shape index (κ1) is 25.9. The standard InChI is InChI=1S/C21H33N7O.HI/c1-5-16(4)26-20(29)18-10-8-17(9-11-18)14-24-21(22-7-3)23-12-13-28-15-25-27-19(28)6-2;/h8-11,15-16H,5-7,12-14H2,1-4H3,(H,26,29)(H2,22,23,24);1H. The van der Waals surface area contributed by atoms with Gasteiger partial charge in [-0.15, -0.1) is 34.2 Å². The Morgan fingerprint density at radius 3 is 2.53 bits per heavy atom. The van der Waals surface area contributed by atoms with Crippen molar-refractivity contribution in [3.8, 4) is 0 Å². The number of hydrogen-bond acceptors (Lipinski definition) is 4. The second-order valence-corrected chi connectivity index (χ2v) is 6.90. The molecule has 0 aliphatic heterocycles. The smallest absolute Gasteiger partial charge is 0.251 e. The van der Waals surface area contributed by atoms with Crippen molar-refractivity contribution in [2.45, 2.75) is 59.7 Å². The summed E-state index contributed by atoms with van der Waals surface area (Å²) in [7, 11) is 0. The monoisotopic (exact) mass is 527 g/mol. The third kappa shape index (κ3) is 8.29. The molecule has 0 aliphatic carbocycles. The number of hydrogen-bond donors (Lipinski definition) is 3. The van der Waals surface area contributed by atoms with Crippen LogP contribution >= 0.6 is 24.0 Å². The van der Waals surface area contributed by atoms with Crippen molar-refractivity contribution in [3.63, 3.8) is 0 Å². The van der Waals surface area contributed by atoms with Crippen LogP contribution in [0.4, 0.5) is 0 Å². The number of nitrogens with one attached hydrogen (secondary N) is 3. The molecule has 1 atom stereocenters. The lowest BCUT2D eigenvalue weighted by molar-refractivity contribution is 0.0939. The van der Waals surface area contributed by atoms with E-state index in [4.69, 9.17) is 0 Å². The van der Waals surface area contributed by atoms with Gasteiger partial charge >= 0.3 is 0 Å². The Kier molecular flexibility index (Phi) is 12.0. The highest BCUT2D eigenvalue weighted by molar-refractivity contribution is 14.0. The van der Waals surface area contributed by atoms with Crippen molar-refractivity contribution in [1.29, 1.82) is 0 Å². The zero-order chi connectivity index (χ0) is 21.1. The first-order valence-corrected chi connectivity index (χ1v) is 10.4. The molecule has 30 heavy (non-hydrogen) atoms. The molecule has 8 nitrogen and oxygen atoms in total. The molecule has 0 radical (unpaired) electrons. The number of amides is 1. The lowest BCUT2D eigenvalue weighted by Gasteiger charge is -2.13. The first-order valence-electron chi connectivity index (χ1n) is 10.4. The van der Waals surface area contributed by atoms with Crippen LogP contribution in [0.5, 0.6) is 0 Å². The molecule has 166 valence electrons. The van der Waals surface area contributed by atoms with Gasteiger partial charge in [-0.25, -0.2) is 4.99 Å². The molecule has 3 N–H and O–H groups in total. The number of aromatic nitrogens is 3. The molecule has 2 aromatic rings. The number of aliphatic imine (C=N–C) groups is 1. The van der Waals surface area contributed by atoms with Crippen LogP contribution < -0.4 is 16.0 Å². The van der Waals surface area contributed by atoms with Gasteiger partial charge in [-0.3, -0.25) is 4.79 Å². The van der Waals surface area contributed by atoms with Gasteiger partial charge in [0.05, 0.1) is 6.54 Å². The summed E-state index contributed by atoms with van der Waals surface area (Å²) in [6.45, 7) is 11.0. The number of carbonyl (C=O) groups excluding carboxylic acids is 1. The average molecular weight is 527 g/mol. The van der Waals surface area contributed by atoms with Crippen molar-refractivity contribution >= 4 is 35.8 Å². The van der Waals surface area contributed by atoms with Crippen LogP contribution in [0.15, 0.2) is 35.6 Å². The van der Waals surface area contributed by atoms with Crippen molar-refractivity contribution < 1.29 is 4.79 Å². The van der Waals surface area contributed by atoms with Gasteiger partial charge in [-0.1, -0.05) is 26.0 Å². The van der Waals surface area contributed by atoms with Crippen LogP contribution in [0, 0.1) is 0 Å². The largest absolute Gasteiger partial charge is 0.357 e. The molecule has 1 unspecified atom stereocenters. The van der Waals surface area contributed by atoms with Crippen molar-refractivity contribution in [2.75, 3.05) is 13.1 Å². The first-order chi connectivity index (χ1) is 14.1. The molecule has 1 heterocycles. The summed E-state index contributed by atoms with van der Waals surface area (Å²) in [5.41, 5.74) is 1.72. The molecule has 0 bridgehead atoms. The van der Waals surface area contributed by atoms with Crippen LogP contribution in [0.2, 0.25) is 0 Å². The Morgan fingerprint density at radius 1 is 1.17 bits per heavy atom. The predicted molar refractivity (Wildman–Crippen MR) is 131 cm³/mol. The molecule has 9 heteroatoms. The van der Waals surface area contributed by atoms with Crippen LogP contribution in [0.3, 0.4) is 0 Å². The lowest BCUT2D eigenvalue weighted by Crippen LogP contribution is -2.38. The molecule has 0 fully saturated rings. The van der Waals surface area contributed by atoms with Gasteiger partial charge < -0.3 is 20.5 Å². The van der Waals surface area contributed by atoms with Crippen LogP contribution in [0.25, 0.3) is 0 Å². The molecule has 0 aliphatic rings. The Balaban J connectivity index is 0.00000450. The Hall–Kier alpha value is -2.17. The van der Waals surface area contributed by atoms with E-state index < -0.39 is 0 Å². The summed E-state index contributed by atoms with van der Waals surface area (Å²) in [6, 6.07) is 7.77. The second kappa shape index (κ2) is 13.9. The van der Waals surface area contributed by atoms with Crippen molar-refractivity contribution in [3.05, 3.63) is 47.5 Å². The lowest BCUT2D eigenvalue weighted by atomic mass is 10.1. The molecule has 2 rings (SSSR count). The molecule has 0 saturated carbocycles. The topological polar surface area (TPSA) is 96.2 Å². The number of carbonyl (C=O) groups is 1. The van der Waals surface area contributed by atoms with Crippen LogP contribution in [-0.4, -0.2) is 45.8 Å². The van der Waals surface area contributed by atoms with E-state index >= 15 is 0 Å². The number of guanidine groups is 1. The summed E-state index contributed by atoms with van der Waals surface area (Å²) < 4.78 is 2.04. The fourth-order valence-corrected chi connectivity index (χ4v) is 2.72. The van der Waals surface area contributed by atoms with Gasteiger partial charge in [0.2, 0.25) is 0 Å². The molecule has 1 aromatic heterocycles. The molecule has 0 spiro atoms. The normalized spacial score (nSPS) is 12.1. The molecular weight excluding hydrogens is 493 g/mol. The van der Waals surface area contributed by atoms with Gasteiger partial charge in [-0.2, -0.15) is 0 Å². The van der Waals surface area contributed by atoms with Gasteiger partial charge in [-0.05, 0) is 38.0 Å². The maximum absolute atomic E-state index is 12.2. The molecule has 0 saturated heterocycles. The van der Waals surface area contributed by atoms with Gasteiger partial charge in [0.25, 0.3) is 5.91 Å². The molecule has 1 amide bonds. The zero-order valence-corrected chi connectivity index (χ0v) is 20.6. The fourth-order valence-electron chi connectivity index (χ4n) is 2.72. The zero-order valence-electron chi connectivity index (χ0n) is 18.3. The second-order valence-electron chi connectivity index (χ2n) is 6.90. The van der Waals surface area contributed by atoms with E-state index in [2.05, 4.69) is 45.0 Å². The van der Waals surface area contributed by atoms with Crippen molar-refractivity contribution in [2.24, 2.45) is 4.99 Å². The summed E-state index contributed by atoms with van der Waals surface area (Å²) in [5.74, 6) is 1.70. The quantitative estimate of drug-likeness (QED) is 0.251. The Labute approximate surface area is 196 Å². The number of halogens is 1. The number of nitrogens with zero attached hydrogens (tertiary/aromatic N) is 4. The Morgan fingerprint density at radius 2 is 1.90 bits per heavy atom. The number of rotatable bonds is 10. The summed E-state index contributed by atoms with van der Waals surface area (Å²) in [6.07, 6.45) is 3.53. The van der Waals surface area contributed by atoms with Gasteiger partial charge in [0.15, 0.2) is 5.96 Å². The van der Waals surface area contributed by atoms with E-state index in [1.807, 2.05) is 42.7 Å². The van der Waals surface area contributed by atoms with E-state index in [0.717, 1.165) is 49.8 Å². The highest BCUT2D eigenvalue weighted by Gasteiger charge is 2.08. The van der Waals surface area contributed by atoms with E-state index in [-0.39, 0.29) is 35.9 Å². The number of benzene rings is 1. The fraction of sp³-hybridized carbons (Fsp3) is 0.524. The Bertz CT molecular complexity index is 789. The average Bonchev–Trinajstić information content (AvgIpc) is 3.19. The molecule has 1 aromatic carbocycles. The third-order valence-corrected chi connectivity index (χ3v) is 4.63. The summed E-state index contributed by atoms with van der Waals surface area (Å²) in [5, 5.41) is 17.6. The van der Waals surface area contributed by atoms with Gasteiger partial charge in [0.1, 0.15) is 12.2 Å². The predicted octanol–water partition coefficient (Wildman–Crippen LogP) is 2.74. The number of aryl methyl sites for hydroxylation is 1. The van der Waals surface area contributed by atoms with E-state index in [1.54, 1.807) is 6.33 Å². The molecular formula is C21H34IN7O. The van der Waals surface area contributed by atoms with Crippen LogP contribution in [0.1, 0.15) is 55.9 Å². The minimum absolute atomic E-state index is 0. The maximum atomic E-state index is 12.2. The minimum atomic E-state index is -0.0372. The SMILES string of the molecule is CCNC(=NCc1ccc(C(=O)NC(C)CC)cc1)NCCn1cnnc1CC.I. The third-order valence-electron chi connectivity index (χ3n) is 4.63. The summed E-state index contributed by atoms with van der Waals surface area (Å²) in [4.78, 5) is 16.8. The van der Waals surface area contributed by atoms with E-state index in [0.29, 0.717) is 12.1 Å². The summed E-state index contributed by atoms with van der Waals surface area (Å²) >= 11 is 0. The van der Waals surface area contributed by atoms with E-state index in [9.17, 15) is 4.79 Å². The van der Waals surface area contributed by atoms with Crippen LogP contribution in [-0.2, 0) is 19.5 Å². The minimum Gasteiger partial charge on any atom is -0.357 e. The maximum Gasteiger partial charge on any atom is 0.251 e. The highest BCUT2D eigenvalue weighted by Crippen LogP contribution is 2.06.